The second kappa shape index (κ2) is 8.01. The summed E-state index contributed by atoms with van der Waals surface area (Å²) in [6, 6.07) is 14.0. The third kappa shape index (κ3) is 4.82. The van der Waals surface area contributed by atoms with Crippen molar-refractivity contribution in [1.29, 1.82) is 0 Å². The first-order valence-electron chi connectivity index (χ1n) is 7.69. The van der Waals surface area contributed by atoms with E-state index in [-0.39, 0.29) is 11.7 Å². The summed E-state index contributed by atoms with van der Waals surface area (Å²) < 4.78 is 1.15. The van der Waals surface area contributed by atoms with Crippen LogP contribution in [0.3, 0.4) is 0 Å². The summed E-state index contributed by atoms with van der Waals surface area (Å²) >= 11 is 3.56. The van der Waals surface area contributed by atoms with Gasteiger partial charge in [0.25, 0.3) is 0 Å². The number of aromatic amines is 1. The number of hydrogen-bond donors (Lipinski definition) is 2. The normalized spacial score (nSPS) is 10.7. The largest absolute Gasteiger partial charge is 0.325 e. The van der Waals surface area contributed by atoms with Crippen LogP contribution in [0, 0.1) is 17.4 Å². The zero-order valence-corrected chi connectivity index (χ0v) is 16.8. The van der Waals surface area contributed by atoms with Crippen LogP contribution in [0.25, 0.3) is 11.4 Å². The Bertz CT molecular complexity index is 910. The number of H-pyrrole nitrogens is 1. The fraction of sp³-hybridized carbons (Fsp3) is 0.167. The third-order valence-corrected chi connectivity index (χ3v) is 5.07. The Kier molecular flexibility index (Phi) is 5.74. The van der Waals surface area contributed by atoms with E-state index in [1.165, 1.54) is 11.8 Å². The van der Waals surface area contributed by atoms with Crippen LogP contribution < -0.4 is 5.32 Å². The molecule has 2 aromatic carbocycles. The van der Waals surface area contributed by atoms with Gasteiger partial charge in [-0.25, -0.2) is 4.98 Å². The maximum atomic E-state index is 12.1. The van der Waals surface area contributed by atoms with Crippen molar-refractivity contribution in [2.45, 2.75) is 19.0 Å². The summed E-state index contributed by atoms with van der Waals surface area (Å²) in [4.78, 5) is 16.6. The molecule has 0 aliphatic heterocycles. The number of carbonyl (C=O) groups excluding carboxylic acids is 1. The van der Waals surface area contributed by atoms with Gasteiger partial charge in [0.15, 0.2) is 5.82 Å². The highest BCUT2D eigenvalue weighted by atomic mass is 127. The number of thioether (sulfide) groups is 1. The number of hydrogen-bond acceptors (Lipinski definition) is 4. The molecule has 0 atom stereocenters. The lowest BCUT2D eigenvalue weighted by molar-refractivity contribution is -0.113. The van der Waals surface area contributed by atoms with Crippen molar-refractivity contribution in [2.24, 2.45) is 0 Å². The minimum Gasteiger partial charge on any atom is -0.325 e. The summed E-state index contributed by atoms with van der Waals surface area (Å²) in [6.07, 6.45) is 0. The smallest absolute Gasteiger partial charge is 0.234 e. The Hall–Kier alpha value is -1.87. The van der Waals surface area contributed by atoms with Crippen molar-refractivity contribution in [1.82, 2.24) is 15.2 Å². The number of halogens is 1. The molecular formula is C18H17IN4OS. The van der Waals surface area contributed by atoms with E-state index in [0.29, 0.717) is 11.0 Å². The van der Waals surface area contributed by atoms with Gasteiger partial charge in [-0.2, -0.15) is 0 Å². The molecule has 0 aliphatic rings. The molecule has 0 aliphatic carbocycles. The fourth-order valence-corrected chi connectivity index (χ4v) is 3.56. The van der Waals surface area contributed by atoms with Gasteiger partial charge in [0, 0.05) is 14.8 Å². The molecule has 0 bridgehead atoms. The SMILES string of the molecule is Cc1cccc(-c2nc(SCC(=O)Nc3ccc(I)cc3C)n[nH]2)c1. The van der Waals surface area contributed by atoms with E-state index in [2.05, 4.69) is 43.1 Å². The van der Waals surface area contributed by atoms with E-state index in [0.717, 1.165) is 25.9 Å². The van der Waals surface area contributed by atoms with E-state index in [1.54, 1.807) is 0 Å². The Labute approximate surface area is 164 Å². The van der Waals surface area contributed by atoms with Crippen LogP contribution >= 0.6 is 34.4 Å². The number of aryl methyl sites for hydroxylation is 2. The molecule has 3 rings (SSSR count). The Balaban J connectivity index is 1.59. The standard InChI is InChI=1S/C18H17IN4OS/c1-11-4-3-5-13(8-11)17-21-18(23-22-17)25-10-16(24)20-15-7-6-14(19)9-12(15)2/h3-9H,10H2,1-2H3,(H,20,24)(H,21,22,23). The molecule has 128 valence electrons. The highest BCUT2D eigenvalue weighted by Gasteiger charge is 2.10. The minimum atomic E-state index is -0.0730. The minimum absolute atomic E-state index is 0.0730. The maximum absolute atomic E-state index is 12.1. The van der Waals surface area contributed by atoms with Gasteiger partial charge in [-0.3, -0.25) is 9.89 Å². The van der Waals surface area contributed by atoms with Crippen molar-refractivity contribution in [3.05, 3.63) is 57.2 Å². The number of aromatic nitrogens is 3. The van der Waals surface area contributed by atoms with Crippen molar-refractivity contribution in [3.8, 4) is 11.4 Å². The van der Waals surface area contributed by atoms with Crippen molar-refractivity contribution in [2.75, 3.05) is 11.1 Å². The lowest BCUT2D eigenvalue weighted by Gasteiger charge is -2.07. The molecule has 2 N–H and O–H groups in total. The van der Waals surface area contributed by atoms with Crippen molar-refractivity contribution < 1.29 is 4.79 Å². The van der Waals surface area contributed by atoms with Gasteiger partial charge in [0.1, 0.15) is 0 Å². The molecule has 0 radical (unpaired) electrons. The molecule has 0 unspecified atom stereocenters. The Morgan fingerprint density at radius 3 is 2.84 bits per heavy atom. The van der Waals surface area contributed by atoms with Gasteiger partial charge in [-0.1, -0.05) is 35.5 Å². The summed E-state index contributed by atoms with van der Waals surface area (Å²) in [5.74, 6) is 0.896. The van der Waals surface area contributed by atoms with E-state index in [4.69, 9.17) is 0 Å². The zero-order chi connectivity index (χ0) is 17.8. The predicted octanol–water partition coefficient (Wildman–Crippen LogP) is 4.42. The number of carbonyl (C=O) groups is 1. The second-order valence-electron chi connectivity index (χ2n) is 5.63. The predicted molar refractivity (Wildman–Crippen MR) is 110 cm³/mol. The van der Waals surface area contributed by atoms with E-state index < -0.39 is 0 Å². The van der Waals surface area contributed by atoms with E-state index >= 15 is 0 Å². The number of rotatable bonds is 5. The number of nitrogens with zero attached hydrogens (tertiary/aromatic N) is 2. The number of benzene rings is 2. The molecule has 5 nitrogen and oxygen atoms in total. The van der Waals surface area contributed by atoms with Crippen LogP contribution in [0.15, 0.2) is 47.6 Å². The van der Waals surface area contributed by atoms with Gasteiger partial charge in [-0.05, 0) is 66.3 Å². The van der Waals surface area contributed by atoms with Crippen LogP contribution in [0.2, 0.25) is 0 Å². The van der Waals surface area contributed by atoms with Gasteiger partial charge >= 0.3 is 0 Å². The second-order valence-corrected chi connectivity index (χ2v) is 7.82. The molecule has 0 saturated carbocycles. The van der Waals surface area contributed by atoms with Crippen LogP contribution in [0.4, 0.5) is 5.69 Å². The Morgan fingerprint density at radius 2 is 2.08 bits per heavy atom. The number of anilines is 1. The molecule has 25 heavy (non-hydrogen) atoms. The highest BCUT2D eigenvalue weighted by molar-refractivity contribution is 14.1. The summed E-state index contributed by atoms with van der Waals surface area (Å²) in [6.45, 7) is 4.01. The number of amides is 1. The summed E-state index contributed by atoms with van der Waals surface area (Å²) in [7, 11) is 0. The van der Waals surface area contributed by atoms with Gasteiger partial charge in [0.05, 0.1) is 5.75 Å². The van der Waals surface area contributed by atoms with Crippen LogP contribution in [0.5, 0.6) is 0 Å². The van der Waals surface area contributed by atoms with E-state index in [9.17, 15) is 4.79 Å². The van der Waals surface area contributed by atoms with Gasteiger partial charge < -0.3 is 5.32 Å². The summed E-state index contributed by atoms with van der Waals surface area (Å²) in [5, 5.41) is 10.6. The van der Waals surface area contributed by atoms with Crippen LogP contribution in [-0.2, 0) is 4.79 Å². The van der Waals surface area contributed by atoms with Gasteiger partial charge in [-0.15, -0.1) is 5.10 Å². The van der Waals surface area contributed by atoms with E-state index in [1.807, 2.05) is 56.3 Å². The first-order valence-corrected chi connectivity index (χ1v) is 9.76. The lowest BCUT2D eigenvalue weighted by Crippen LogP contribution is -2.15. The zero-order valence-electron chi connectivity index (χ0n) is 13.8. The quantitative estimate of drug-likeness (QED) is 0.433. The molecule has 1 aromatic heterocycles. The molecule has 1 heterocycles. The van der Waals surface area contributed by atoms with Crippen LogP contribution in [-0.4, -0.2) is 26.8 Å². The van der Waals surface area contributed by atoms with Crippen LogP contribution in [0.1, 0.15) is 11.1 Å². The molecule has 0 spiro atoms. The fourth-order valence-electron chi connectivity index (χ4n) is 2.32. The molecule has 1 amide bonds. The topological polar surface area (TPSA) is 70.7 Å². The molecular weight excluding hydrogens is 447 g/mol. The first-order chi connectivity index (χ1) is 12.0. The molecule has 3 aromatic rings. The third-order valence-electron chi connectivity index (χ3n) is 3.55. The summed E-state index contributed by atoms with van der Waals surface area (Å²) in [5.41, 5.74) is 4.03. The van der Waals surface area contributed by atoms with Gasteiger partial charge in [0.2, 0.25) is 11.1 Å². The monoisotopic (exact) mass is 464 g/mol. The molecule has 0 fully saturated rings. The average molecular weight is 464 g/mol. The molecule has 0 saturated heterocycles. The Morgan fingerprint density at radius 1 is 1.24 bits per heavy atom. The highest BCUT2D eigenvalue weighted by Crippen LogP contribution is 2.21. The molecule has 7 heteroatoms. The maximum Gasteiger partial charge on any atom is 0.234 e. The van der Waals surface area contributed by atoms with Crippen molar-refractivity contribution in [3.63, 3.8) is 0 Å². The number of nitrogens with one attached hydrogen (secondary N) is 2. The van der Waals surface area contributed by atoms with Crippen molar-refractivity contribution >= 4 is 45.9 Å². The lowest BCUT2D eigenvalue weighted by atomic mass is 10.1. The first kappa shape index (κ1) is 17.9. The average Bonchev–Trinajstić information content (AvgIpc) is 3.05.